The number of phenolic OH excluding ortho intramolecular Hbond substituents is 1. The fourth-order valence-corrected chi connectivity index (χ4v) is 7.68. The molecule has 0 saturated carbocycles. The van der Waals surface area contributed by atoms with Gasteiger partial charge in [0.2, 0.25) is 0 Å². The number of phenols is 1. The fraction of sp³-hybridized carbons (Fsp3) is 0.275. The van der Waals surface area contributed by atoms with Crippen molar-refractivity contribution in [2.24, 2.45) is 4.99 Å². The molecule has 0 aromatic heterocycles. The second kappa shape index (κ2) is 11.4. The zero-order valence-electron chi connectivity index (χ0n) is 26.6. The van der Waals surface area contributed by atoms with Crippen molar-refractivity contribution < 1.29 is 5.11 Å². The van der Waals surface area contributed by atoms with Gasteiger partial charge in [-0.3, -0.25) is 4.99 Å². The van der Waals surface area contributed by atoms with Crippen LogP contribution in [0.4, 0.5) is 5.69 Å². The van der Waals surface area contributed by atoms with Crippen LogP contribution in [0.2, 0.25) is 0 Å². The number of rotatable bonds is 5. The van der Waals surface area contributed by atoms with E-state index in [1.54, 1.807) is 6.07 Å². The quantitative estimate of drug-likeness (QED) is 0.231. The van der Waals surface area contributed by atoms with Gasteiger partial charge in [-0.15, -0.1) is 0 Å². The summed E-state index contributed by atoms with van der Waals surface area (Å²) in [7, 11) is 3.99. The Kier molecular flexibility index (Phi) is 7.80. The van der Waals surface area contributed by atoms with Gasteiger partial charge in [0.15, 0.2) is 0 Å². The number of anilines is 1. The van der Waals surface area contributed by atoms with Crippen molar-refractivity contribution in [1.82, 2.24) is 0 Å². The van der Waals surface area contributed by atoms with Crippen LogP contribution in [0.15, 0.2) is 124 Å². The molecule has 0 unspecified atom stereocenters. The monoisotopic (exact) mass is 600 g/mol. The van der Waals surface area contributed by atoms with E-state index in [0.29, 0.717) is 0 Å². The molecule has 4 aromatic rings. The number of fused-ring (bicyclic) bond motifs is 4. The maximum absolute atomic E-state index is 11.0. The zero-order chi connectivity index (χ0) is 31.2. The summed E-state index contributed by atoms with van der Waals surface area (Å²) in [6.45, 7) is 8.88. The van der Waals surface area contributed by atoms with Crippen molar-refractivity contribution in [2.45, 2.75) is 57.8 Å². The number of benzene rings is 4. The fourth-order valence-electron chi connectivity index (χ4n) is 7.37. The van der Waals surface area contributed by atoms with Crippen LogP contribution in [-0.2, 0) is 10.8 Å². The van der Waals surface area contributed by atoms with E-state index in [2.05, 4.69) is 112 Å². The van der Waals surface area contributed by atoms with Gasteiger partial charge in [0.05, 0.1) is 0 Å². The molecule has 0 atom stereocenters. The topological polar surface area (TPSA) is 35.8 Å². The van der Waals surface area contributed by atoms with Crippen LogP contribution in [0, 0.1) is 0 Å². The maximum Gasteiger partial charge on any atom is 0.120 e. The third kappa shape index (κ3) is 4.98. The van der Waals surface area contributed by atoms with E-state index in [-0.39, 0.29) is 11.2 Å². The summed E-state index contributed by atoms with van der Waals surface area (Å²) >= 11 is 7.11. The van der Waals surface area contributed by atoms with E-state index in [1.165, 1.54) is 27.7 Å². The number of aromatic hydroxyl groups is 1. The Morgan fingerprint density at radius 3 is 2.30 bits per heavy atom. The molecule has 2 aliphatic rings. The lowest BCUT2D eigenvalue weighted by Gasteiger charge is -2.28. The first-order valence-corrected chi connectivity index (χ1v) is 15.9. The second-order valence-electron chi connectivity index (χ2n) is 13.0. The first kappa shape index (κ1) is 30.0. The Balaban J connectivity index is 1.32. The summed E-state index contributed by atoms with van der Waals surface area (Å²) < 4.78 is 0. The number of hydrogen-bond acceptors (Lipinski definition) is 3. The zero-order valence-corrected chi connectivity index (χ0v) is 27.3. The molecule has 0 fully saturated rings. The summed E-state index contributed by atoms with van der Waals surface area (Å²) in [6, 6.07) is 25.1. The molecule has 0 bridgehead atoms. The van der Waals surface area contributed by atoms with Gasteiger partial charge in [-0.05, 0) is 81.8 Å². The predicted octanol–water partition coefficient (Wildman–Crippen LogP) is 10.5. The molecule has 44 heavy (non-hydrogen) atoms. The highest BCUT2D eigenvalue weighted by molar-refractivity contribution is 6.32. The highest BCUT2D eigenvalue weighted by atomic mass is 35.5. The summed E-state index contributed by atoms with van der Waals surface area (Å²) in [5, 5.41) is 16.5. The lowest BCUT2D eigenvalue weighted by Crippen LogP contribution is -2.28. The van der Waals surface area contributed by atoms with Crippen molar-refractivity contribution >= 4 is 44.5 Å². The summed E-state index contributed by atoms with van der Waals surface area (Å²) in [4.78, 5) is 7.02. The summed E-state index contributed by atoms with van der Waals surface area (Å²) in [5.41, 5.74) is 7.31. The molecule has 224 valence electrons. The second-order valence-corrected chi connectivity index (χ2v) is 13.4. The van der Waals surface area contributed by atoms with E-state index < -0.39 is 5.41 Å². The molecule has 0 radical (unpaired) electrons. The van der Waals surface area contributed by atoms with Crippen LogP contribution in [0.3, 0.4) is 0 Å². The Hall–Kier alpha value is -4.08. The normalized spacial score (nSPS) is 19.2. The Morgan fingerprint density at radius 1 is 0.909 bits per heavy atom. The molecule has 0 amide bonds. The first-order chi connectivity index (χ1) is 21.1. The lowest BCUT2D eigenvalue weighted by molar-refractivity contribution is 0.461. The Morgan fingerprint density at radius 2 is 1.57 bits per heavy atom. The minimum absolute atomic E-state index is 0.138. The van der Waals surface area contributed by atoms with Crippen LogP contribution < -0.4 is 4.90 Å². The van der Waals surface area contributed by atoms with Crippen molar-refractivity contribution in [3.63, 3.8) is 0 Å². The molecule has 1 aliphatic heterocycles. The van der Waals surface area contributed by atoms with Crippen LogP contribution >= 0.6 is 11.6 Å². The van der Waals surface area contributed by atoms with Gasteiger partial charge in [-0.25, -0.2) is 0 Å². The van der Waals surface area contributed by atoms with E-state index in [0.717, 1.165) is 57.5 Å². The Labute approximate surface area is 266 Å². The van der Waals surface area contributed by atoms with E-state index >= 15 is 0 Å². The molecule has 1 aliphatic carbocycles. The van der Waals surface area contributed by atoms with Gasteiger partial charge in [0.1, 0.15) is 5.75 Å². The van der Waals surface area contributed by atoms with Crippen LogP contribution in [0.5, 0.6) is 5.75 Å². The predicted molar refractivity (Wildman–Crippen MR) is 189 cm³/mol. The SMILES string of the molecule is C/N=C(\C=C\C1=C(Cl)C(=C/C=C2/N(C)c3ccc4ccccc4c3C2(C)C)/CCC1)C(C)(C)c1c(O)ccc2ccccc12. The molecule has 4 heteroatoms. The minimum atomic E-state index is -0.515. The number of nitrogens with zero attached hydrogens (tertiary/aromatic N) is 2. The Bertz CT molecular complexity index is 1940. The van der Waals surface area contributed by atoms with Crippen LogP contribution in [0.25, 0.3) is 21.5 Å². The van der Waals surface area contributed by atoms with Crippen LogP contribution in [0.1, 0.15) is 58.1 Å². The van der Waals surface area contributed by atoms with Crippen LogP contribution in [-0.4, -0.2) is 24.9 Å². The van der Waals surface area contributed by atoms with Gasteiger partial charge in [-0.2, -0.15) is 0 Å². The number of aliphatic imine (C=N–C) groups is 1. The number of likely N-dealkylation sites (N-methyl/N-ethyl adjacent to an activating group) is 1. The molecule has 4 aromatic carbocycles. The van der Waals surface area contributed by atoms with Crippen molar-refractivity contribution in [1.29, 1.82) is 0 Å². The van der Waals surface area contributed by atoms with E-state index in [1.807, 2.05) is 25.2 Å². The highest BCUT2D eigenvalue weighted by Crippen LogP contribution is 2.50. The maximum atomic E-state index is 11.0. The lowest BCUT2D eigenvalue weighted by atomic mass is 9.76. The standard InChI is InChI=1S/C40H41ClN2O/c1-39(2,37-31-17-10-8-13-27(31)19-23-33(37)44)34(42-5)24-20-28-14-11-15-29(38(28)41)21-25-35-40(3,4)36-30-16-9-7-12-26(30)18-22-32(36)43(35)6/h7-10,12-13,16-25,44H,11,14-15H2,1-6H3/b24-20+,29-21+,35-25+,42-34+. The molecular formula is C40H41ClN2O. The molecule has 1 N–H and O–H groups in total. The van der Waals surface area contributed by atoms with E-state index in [9.17, 15) is 5.11 Å². The molecule has 3 nitrogen and oxygen atoms in total. The highest BCUT2D eigenvalue weighted by Gasteiger charge is 2.39. The first-order valence-electron chi connectivity index (χ1n) is 15.5. The number of halogens is 1. The molecule has 1 heterocycles. The summed E-state index contributed by atoms with van der Waals surface area (Å²) in [6.07, 6.45) is 11.6. The molecule has 6 rings (SSSR count). The average molecular weight is 601 g/mol. The van der Waals surface area contributed by atoms with Crippen molar-refractivity contribution in [3.05, 3.63) is 130 Å². The van der Waals surface area contributed by atoms with Gasteiger partial charge in [0.25, 0.3) is 0 Å². The average Bonchev–Trinajstić information content (AvgIpc) is 3.21. The molecular weight excluding hydrogens is 560 g/mol. The minimum Gasteiger partial charge on any atom is -0.508 e. The number of hydrogen-bond donors (Lipinski definition) is 1. The van der Waals surface area contributed by atoms with Gasteiger partial charge in [0, 0.05) is 52.6 Å². The third-order valence-corrected chi connectivity index (χ3v) is 10.1. The van der Waals surface area contributed by atoms with Crippen molar-refractivity contribution in [2.75, 3.05) is 19.0 Å². The molecule has 0 spiro atoms. The third-order valence-electron chi connectivity index (χ3n) is 9.65. The van der Waals surface area contributed by atoms with Gasteiger partial charge in [-0.1, -0.05) is 112 Å². The smallest absolute Gasteiger partial charge is 0.120 e. The van der Waals surface area contributed by atoms with E-state index in [4.69, 9.17) is 16.6 Å². The number of allylic oxidation sites excluding steroid dienone is 8. The van der Waals surface area contributed by atoms with Crippen molar-refractivity contribution in [3.8, 4) is 5.75 Å². The van der Waals surface area contributed by atoms with Gasteiger partial charge < -0.3 is 10.0 Å². The molecule has 0 saturated heterocycles. The summed E-state index contributed by atoms with van der Waals surface area (Å²) in [5.74, 6) is 0.284. The largest absolute Gasteiger partial charge is 0.508 e. The van der Waals surface area contributed by atoms with Gasteiger partial charge >= 0.3 is 0 Å².